The Morgan fingerprint density at radius 2 is 1.86 bits per heavy atom. The lowest BCUT2D eigenvalue weighted by molar-refractivity contribution is -0.384. The highest BCUT2D eigenvalue weighted by atomic mass is 16.6. The van der Waals surface area contributed by atoms with Crippen LogP contribution in [0, 0.1) is 10.1 Å². The van der Waals surface area contributed by atoms with E-state index in [1.807, 2.05) is 17.0 Å². The first-order valence-electron chi connectivity index (χ1n) is 9.51. The highest BCUT2D eigenvalue weighted by Crippen LogP contribution is 2.32. The van der Waals surface area contributed by atoms with Crippen LogP contribution in [0.15, 0.2) is 42.5 Å². The molecule has 0 saturated carbocycles. The van der Waals surface area contributed by atoms with E-state index >= 15 is 0 Å². The number of anilines is 2. The molecule has 1 N–H and O–H groups in total. The Hall–Kier alpha value is -3.42. The van der Waals surface area contributed by atoms with Gasteiger partial charge >= 0.3 is 0 Å². The van der Waals surface area contributed by atoms with Gasteiger partial charge in [-0.15, -0.1) is 0 Å². The van der Waals surface area contributed by atoms with Crippen molar-refractivity contribution in [3.63, 3.8) is 0 Å². The largest absolute Gasteiger partial charge is 0.366 e. The highest BCUT2D eigenvalue weighted by Gasteiger charge is 2.24. The third kappa shape index (κ3) is 4.71. The van der Waals surface area contributed by atoms with Crippen LogP contribution in [0.2, 0.25) is 0 Å². The predicted molar refractivity (Wildman–Crippen MR) is 111 cm³/mol. The first-order valence-corrected chi connectivity index (χ1v) is 9.51. The number of benzene rings is 2. The average molecular weight is 396 g/mol. The lowest BCUT2D eigenvalue weighted by Gasteiger charge is -2.19. The molecular weight excluding hydrogens is 372 g/mol. The minimum absolute atomic E-state index is 0.0656. The zero-order valence-electron chi connectivity index (χ0n) is 16.6. The second-order valence-corrected chi connectivity index (χ2v) is 7.14. The quantitative estimate of drug-likeness (QED) is 0.596. The maximum Gasteiger partial charge on any atom is 0.293 e. The summed E-state index contributed by atoms with van der Waals surface area (Å²) in [5, 5.41) is 14.4. The van der Waals surface area contributed by atoms with Crippen molar-refractivity contribution in [3.8, 4) is 0 Å². The molecule has 2 aromatic rings. The number of para-hydroxylation sites is 1. The number of carbonyl (C=O) groups is 2. The van der Waals surface area contributed by atoms with E-state index in [4.69, 9.17) is 0 Å². The van der Waals surface area contributed by atoms with Crippen LogP contribution < -0.4 is 10.2 Å². The summed E-state index contributed by atoms with van der Waals surface area (Å²) in [5.74, 6) is -0.516. The van der Waals surface area contributed by atoms with Gasteiger partial charge < -0.3 is 15.1 Å². The lowest BCUT2D eigenvalue weighted by Crippen LogP contribution is -2.24. The van der Waals surface area contributed by atoms with Crippen molar-refractivity contribution in [1.29, 1.82) is 0 Å². The number of nitro groups is 1. The number of hydrogen-bond donors (Lipinski definition) is 1. The van der Waals surface area contributed by atoms with Crippen LogP contribution in [-0.2, 0) is 11.3 Å². The van der Waals surface area contributed by atoms with Gasteiger partial charge in [0.05, 0.1) is 4.92 Å². The van der Waals surface area contributed by atoms with Gasteiger partial charge in [0.2, 0.25) is 5.91 Å². The van der Waals surface area contributed by atoms with Crippen molar-refractivity contribution in [2.75, 3.05) is 30.4 Å². The Labute approximate surface area is 169 Å². The van der Waals surface area contributed by atoms with Gasteiger partial charge in [-0.05, 0) is 36.6 Å². The van der Waals surface area contributed by atoms with E-state index in [9.17, 15) is 19.7 Å². The summed E-state index contributed by atoms with van der Waals surface area (Å²) >= 11 is 0. The smallest absolute Gasteiger partial charge is 0.293 e. The fourth-order valence-corrected chi connectivity index (χ4v) is 3.38. The average Bonchev–Trinajstić information content (AvgIpc) is 3.23. The number of rotatable bonds is 6. The molecule has 2 aromatic carbocycles. The van der Waals surface area contributed by atoms with E-state index < -0.39 is 10.8 Å². The van der Waals surface area contributed by atoms with Crippen LogP contribution in [0.5, 0.6) is 0 Å². The van der Waals surface area contributed by atoms with Crippen LogP contribution in [0.25, 0.3) is 0 Å². The van der Waals surface area contributed by atoms with Crippen molar-refractivity contribution in [3.05, 3.63) is 63.7 Å². The molecular formula is C21H24N4O4. The second kappa shape index (κ2) is 8.72. The van der Waals surface area contributed by atoms with Crippen molar-refractivity contribution in [1.82, 2.24) is 4.90 Å². The lowest BCUT2D eigenvalue weighted by atomic mass is 10.1. The second-order valence-electron chi connectivity index (χ2n) is 7.14. The number of nitrogens with one attached hydrogen (secondary N) is 1. The summed E-state index contributed by atoms with van der Waals surface area (Å²) in [6, 6.07) is 11.8. The summed E-state index contributed by atoms with van der Waals surface area (Å²) < 4.78 is 0. The monoisotopic (exact) mass is 396 g/mol. The molecule has 1 saturated heterocycles. The summed E-state index contributed by atoms with van der Waals surface area (Å²) in [4.78, 5) is 38.9. The minimum atomic E-state index is -0.444. The Morgan fingerprint density at radius 3 is 2.52 bits per heavy atom. The van der Waals surface area contributed by atoms with Crippen LogP contribution in [0.3, 0.4) is 0 Å². The zero-order chi connectivity index (χ0) is 21.0. The van der Waals surface area contributed by atoms with Gasteiger partial charge in [0.1, 0.15) is 5.69 Å². The third-order valence-corrected chi connectivity index (χ3v) is 5.09. The van der Waals surface area contributed by atoms with Crippen LogP contribution >= 0.6 is 0 Å². The van der Waals surface area contributed by atoms with E-state index in [0.29, 0.717) is 17.9 Å². The molecule has 152 valence electrons. The van der Waals surface area contributed by atoms with Crippen molar-refractivity contribution in [2.24, 2.45) is 0 Å². The van der Waals surface area contributed by atoms with E-state index in [0.717, 1.165) is 31.5 Å². The number of hydrogen-bond acceptors (Lipinski definition) is 5. The van der Waals surface area contributed by atoms with Gasteiger partial charge in [-0.1, -0.05) is 18.2 Å². The number of amides is 2. The van der Waals surface area contributed by atoms with Gasteiger partial charge in [-0.25, -0.2) is 0 Å². The van der Waals surface area contributed by atoms with Crippen molar-refractivity contribution >= 4 is 28.9 Å². The predicted octanol–water partition coefficient (Wildman–Crippen LogP) is 3.43. The van der Waals surface area contributed by atoms with Gasteiger partial charge in [-0.2, -0.15) is 0 Å². The van der Waals surface area contributed by atoms with Gasteiger partial charge in [0, 0.05) is 50.9 Å². The SMILES string of the molecule is CC(=O)N(C)Cc1ccccc1NC(=O)c1ccc(N2CCCC2)c([N+](=O)[O-])c1. The molecule has 0 radical (unpaired) electrons. The molecule has 8 nitrogen and oxygen atoms in total. The van der Waals surface area contributed by atoms with Crippen LogP contribution in [0.4, 0.5) is 17.1 Å². The Morgan fingerprint density at radius 1 is 1.17 bits per heavy atom. The molecule has 29 heavy (non-hydrogen) atoms. The molecule has 0 unspecified atom stereocenters. The Kier molecular flexibility index (Phi) is 6.11. The maximum absolute atomic E-state index is 12.8. The highest BCUT2D eigenvalue weighted by molar-refractivity contribution is 6.05. The fourth-order valence-electron chi connectivity index (χ4n) is 3.38. The Balaban J connectivity index is 1.83. The standard InChI is InChI=1S/C21H24N4O4/c1-15(26)23(2)14-17-7-3-4-8-18(17)22-21(27)16-9-10-19(20(13-16)25(28)29)24-11-5-6-12-24/h3-4,7-10,13H,5-6,11-12,14H2,1-2H3,(H,22,27). The van der Waals surface area contributed by atoms with Gasteiger partial charge in [-0.3, -0.25) is 19.7 Å². The number of nitro benzene ring substituents is 1. The van der Waals surface area contributed by atoms with Crippen LogP contribution in [-0.4, -0.2) is 41.8 Å². The normalized spacial score (nSPS) is 13.2. The molecule has 0 atom stereocenters. The molecule has 0 spiro atoms. The van der Waals surface area contributed by atoms with E-state index in [-0.39, 0.29) is 17.2 Å². The van der Waals surface area contributed by atoms with E-state index in [2.05, 4.69) is 5.32 Å². The topological polar surface area (TPSA) is 95.8 Å². The summed E-state index contributed by atoms with van der Waals surface area (Å²) in [7, 11) is 1.68. The maximum atomic E-state index is 12.8. The first-order chi connectivity index (χ1) is 13.9. The zero-order valence-corrected chi connectivity index (χ0v) is 16.6. The van der Waals surface area contributed by atoms with Gasteiger partial charge in [0.25, 0.3) is 11.6 Å². The number of nitrogens with zero attached hydrogens (tertiary/aromatic N) is 3. The fraction of sp³-hybridized carbons (Fsp3) is 0.333. The molecule has 0 aliphatic carbocycles. The Bertz CT molecular complexity index is 938. The summed E-state index contributed by atoms with van der Waals surface area (Å²) in [6.07, 6.45) is 2.01. The summed E-state index contributed by atoms with van der Waals surface area (Å²) in [6.45, 7) is 3.38. The minimum Gasteiger partial charge on any atom is -0.366 e. The van der Waals surface area contributed by atoms with E-state index in [1.54, 1.807) is 36.2 Å². The molecule has 3 rings (SSSR count). The summed E-state index contributed by atoms with van der Waals surface area (Å²) in [5.41, 5.74) is 2.05. The molecule has 0 aromatic heterocycles. The molecule has 0 bridgehead atoms. The van der Waals surface area contributed by atoms with Crippen LogP contribution in [0.1, 0.15) is 35.7 Å². The van der Waals surface area contributed by atoms with E-state index in [1.165, 1.54) is 13.0 Å². The molecule has 1 aliphatic heterocycles. The molecule has 2 amide bonds. The molecule has 1 fully saturated rings. The van der Waals surface area contributed by atoms with Crippen molar-refractivity contribution in [2.45, 2.75) is 26.3 Å². The number of carbonyl (C=O) groups excluding carboxylic acids is 2. The molecule has 1 aliphatic rings. The van der Waals surface area contributed by atoms with Crippen molar-refractivity contribution < 1.29 is 14.5 Å². The third-order valence-electron chi connectivity index (χ3n) is 5.09. The van der Waals surface area contributed by atoms with Gasteiger partial charge in [0.15, 0.2) is 0 Å². The molecule has 1 heterocycles. The first kappa shape index (κ1) is 20.3. The molecule has 8 heteroatoms.